The van der Waals surface area contributed by atoms with Crippen LogP contribution in [0.3, 0.4) is 0 Å². The van der Waals surface area contributed by atoms with E-state index in [1.54, 1.807) is 7.11 Å². The van der Waals surface area contributed by atoms with Crippen LogP contribution in [0.4, 0.5) is 0 Å². The van der Waals surface area contributed by atoms with Crippen molar-refractivity contribution in [2.45, 2.75) is 43.7 Å². The molecule has 4 heteroatoms. The first-order chi connectivity index (χ1) is 10.7. The van der Waals surface area contributed by atoms with Gasteiger partial charge < -0.3 is 9.84 Å². The summed E-state index contributed by atoms with van der Waals surface area (Å²) in [6.07, 6.45) is 4.99. The maximum absolute atomic E-state index is 11.1. The zero-order valence-corrected chi connectivity index (χ0v) is 13.2. The zero-order chi connectivity index (χ0) is 15.6. The van der Waals surface area contributed by atoms with Crippen LogP contribution in [0.2, 0.25) is 0 Å². The van der Waals surface area contributed by atoms with Crippen molar-refractivity contribution in [1.82, 2.24) is 4.90 Å². The van der Waals surface area contributed by atoms with Gasteiger partial charge >= 0.3 is 0 Å². The maximum atomic E-state index is 11.1. The largest absolute Gasteiger partial charge is 0.497 e. The molecule has 0 aromatic heterocycles. The molecule has 3 atom stereocenters. The smallest absolute Gasteiger partial charge is 0.118 e. The fourth-order valence-corrected chi connectivity index (χ4v) is 4.25. The Balaban J connectivity index is 1.94. The second kappa shape index (κ2) is 6.28. The minimum atomic E-state index is -0.561. The number of aliphatic hydroxyl groups is 1. The Hall–Kier alpha value is -1.57. The van der Waals surface area contributed by atoms with E-state index in [2.05, 4.69) is 23.1 Å². The first-order valence-electron chi connectivity index (χ1n) is 8.15. The van der Waals surface area contributed by atoms with Crippen LogP contribution in [0.15, 0.2) is 24.3 Å². The third kappa shape index (κ3) is 2.71. The number of nitriles is 1. The molecule has 0 unspecified atom stereocenters. The van der Waals surface area contributed by atoms with Crippen LogP contribution in [-0.4, -0.2) is 35.8 Å². The van der Waals surface area contributed by atoms with E-state index in [0.717, 1.165) is 38.0 Å². The quantitative estimate of drug-likeness (QED) is 0.872. The Morgan fingerprint density at radius 3 is 2.77 bits per heavy atom. The Labute approximate surface area is 132 Å². The molecule has 0 amide bonds. The minimum absolute atomic E-state index is 0.129. The molecular weight excluding hydrogens is 276 g/mol. The van der Waals surface area contributed by atoms with Crippen LogP contribution < -0.4 is 4.74 Å². The number of fused-ring (bicyclic) bond motifs is 1. The fourth-order valence-electron chi connectivity index (χ4n) is 4.25. The van der Waals surface area contributed by atoms with Gasteiger partial charge in [-0.1, -0.05) is 25.0 Å². The molecule has 22 heavy (non-hydrogen) atoms. The minimum Gasteiger partial charge on any atom is -0.497 e. The van der Waals surface area contributed by atoms with E-state index >= 15 is 0 Å². The third-order valence-electron chi connectivity index (χ3n) is 5.40. The average molecular weight is 300 g/mol. The summed E-state index contributed by atoms with van der Waals surface area (Å²) in [6.45, 7) is 1.21. The average Bonchev–Trinajstić information content (AvgIpc) is 2.55. The van der Waals surface area contributed by atoms with Crippen molar-refractivity contribution in [2.24, 2.45) is 5.92 Å². The van der Waals surface area contributed by atoms with Crippen molar-refractivity contribution in [3.8, 4) is 11.8 Å². The molecule has 1 N–H and O–H groups in total. The lowest BCUT2D eigenvalue weighted by molar-refractivity contribution is -0.121. The summed E-state index contributed by atoms with van der Waals surface area (Å²) < 4.78 is 5.24. The molecule has 1 aromatic rings. The van der Waals surface area contributed by atoms with Gasteiger partial charge in [0.05, 0.1) is 25.3 Å². The monoisotopic (exact) mass is 300 g/mol. The van der Waals surface area contributed by atoms with Gasteiger partial charge in [-0.15, -0.1) is 0 Å². The fraction of sp³-hybridized carbons (Fsp3) is 0.611. The van der Waals surface area contributed by atoms with Crippen molar-refractivity contribution < 1.29 is 9.84 Å². The molecule has 0 spiro atoms. The summed E-state index contributed by atoms with van der Waals surface area (Å²) in [7, 11) is 1.66. The first kappa shape index (κ1) is 15.3. The Morgan fingerprint density at radius 1 is 1.32 bits per heavy atom. The number of hydrogen-bond donors (Lipinski definition) is 1. The van der Waals surface area contributed by atoms with Gasteiger partial charge in [-0.3, -0.25) is 4.90 Å². The molecular formula is C18H24N2O2. The summed E-state index contributed by atoms with van der Waals surface area (Å²) in [4.78, 5) is 2.23. The second-order valence-electron chi connectivity index (χ2n) is 6.55. The van der Waals surface area contributed by atoms with Gasteiger partial charge in [-0.05, 0) is 37.0 Å². The number of hydrogen-bond acceptors (Lipinski definition) is 4. The van der Waals surface area contributed by atoms with Crippen LogP contribution in [0.5, 0.6) is 5.75 Å². The molecule has 1 saturated carbocycles. The van der Waals surface area contributed by atoms with Crippen LogP contribution in [0.1, 0.15) is 43.7 Å². The van der Waals surface area contributed by atoms with Gasteiger partial charge in [0, 0.05) is 18.5 Å². The van der Waals surface area contributed by atoms with Crippen molar-refractivity contribution in [2.75, 3.05) is 20.2 Å². The Bertz CT molecular complexity index is 551. The molecule has 1 aromatic carbocycles. The molecule has 3 rings (SSSR count). The Kier molecular flexibility index (Phi) is 4.37. The summed E-state index contributed by atoms with van der Waals surface area (Å²) in [5, 5.41) is 20.2. The van der Waals surface area contributed by atoms with Crippen molar-refractivity contribution >= 4 is 0 Å². The molecule has 4 nitrogen and oxygen atoms in total. The van der Waals surface area contributed by atoms with Gasteiger partial charge in [-0.2, -0.15) is 5.26 Å². The number of piperidine rings is 1. The van der Waals surface area contributed by atoms with E-state index in [1.807, 2.05) is 12.1 Å². The van der Waals surface area contributed by atoms with E-state index < -0.39 is 5.60 Å². The number of rotatable bonds is 3. The summed E-state index contributed by atoms with van der Waals surface area (Å²) in [5.41, 5.74) is 0.621. The predicted molar refractivity (Wildman–Crippen MR) is 84.4 cm³/mol. The number of nitrogens with zero attached hydrogens (tertiary/aromatic N) is 2. The first-order valence-corrected chi connectivity index (χ1v) is 8.15. The van der Waals surface area contributed by atoms with Gasteiger partial charge in [-0.25, -0.2) is 0 Å². The van der Waals surface area contributed by atoms with Crippen molar-refractivity contribution in [3.63, 3.8) is 0 Å². The standard InChI is InChI=1S/C18H24N2O2/c1-22-15-7-5-14(6-8-15)17-16-4-2-3-9-18(16,21)10-12-20(17)13-11-19/h5-8,16-17,21H,2-4,9-10,12-13H2,1H3/t16-,17-,18-/m1/s1. The summed E-state index contributed by atoms with van der Waals surface area (Å²) in [6, 6.07) is 10.5. The molecule has 118 valence electrons. The summed E-state index contributed by atoms with van der Waals surface area (Å²) in [5.74, 6) is 1.06. The van der Waals surface area contributed by atoms with Crippen LogP contribution in [0.25, 0.3) is 0 Å². The summed E-state index contributed by atoms with van der Waals surface area (Å²) >= 11 is 0. The van der Waals surface area contributed by atoms with E-state index in [9.17, 15) is 5.11 Å². The molecule has 0 bridgehead atoms. The van der Waals surface area contributed by atoms with Crippen LogP contribution >= 0.6 is 0 Å². The molecule has 1 saturated heterocycles. The number of likely N-dealkylation sites (tertiary alicyclic amines) is 1. The predicted octanol–water partition coefficient (Wildman–Crippen LogP) is 2.89. The van der Waals surface area contributed by atoms with Crippen molar-refractivity contribution in [3.05, 3.63) is 29.8 Å². The highest BCUT2D eigenvalue weighted by Crippen LogP contribution is 2.49. The van der Waals surface area contributed by atoms with E-state index in [-0.39, 0.29) is 12.0 Å². The molecule has 1 aliphatic carbocycles. The van der Waals surface area contributed by atoms with E-state index in [4.69, 9.17) is 10.00 Å². The lowest BCUT2D eigenvalue weighted by atomic mass is 9.66. The molecule has 2 aliphatic rings. The normalized spacial score (nSPS) is 32.0. The number of benzene rings is 1. The van der Waals surface area contributed by atoms with Crippen LogP contribution in [-0.2, 0) is 0 Å². The molecule has 1 heterocycles. The van der Waals surface area contributed by atoms with Gasteiger partial charge in [0.1, 0.15) is 5.75 Å². The third-order valence-corrected chi connectivity index (χ3v) is 5.40. The molecule has 0 radical (unpaired) electrons. The van der Waals surface area contributed by atoms with Gasteiger partial charge in [0.25, 0.3) is 0 Å². The molecule has 2 fully saturated rings. The van der Waals surface area contributed by atoms with Gasteiger partial charge in [0.2, 0.25) is 0 Å². The Morgan fingerprint density at radius 2 is 2.09 bits per heavy atom. The lowest BCUT2D eigenvalue weighted by Gasteiger charge is -2.52. The highest BCUT2D eigenvalue weighted by Gasteiger charge is 2.48. The number of ether oxygens (including phenoxy) is 1. The van der Waals surface area contributed by atoms with Crippen molar-refractivity contribution in [1.29, 1.82) is 5.26 Å². The van der Waals surface area contributed by atoms with E-state index in [0.29, 0.717) is 6.54 Å². The maximum Gasteiger partial charge on any atom is 0.118 e. The van der Waals surface area contributed by atoms with E-state index in [1.165, 1.54) is 12.0 Å². The topological polar surface area (TPSA) is 56.5 Å². The molecule has 1 aliphatic heterocycles. The highest BCUT2D eigenvalue weighted by atomic mass is 16.5. The second-order valence-corrected chi connectivity index (χ2v) is 6.55. The SMILES string of the molecule is COc1ccc([C@@H]2[C@H]3CCCC[C@@]3(O)CCN2CC#N)cc1. The number of methoxy groups -OCH3 is 1. The highest BCUT2D eigenvalue weighted by molar-refractivity contribution is 5.31. The van der Waals surface area contributed by atoms with Gasteiger partial charge in [0.15, 0.2) is 0 Å². The lowest BCUT2D eigenvalue weighted by Crippen LogP contribution is -2.54. The van der Waals surface area contributed by atoms with Crippen LogP contribution in [0, 0.1) is 17.2 Å². The zero-order valence-electron chi connectivity index (χ0n) is 13.2.